The van der Waals surface area contributed by atoms with Crippen LogP contribution < -0.4 is 10.2 Å². The maximum absolute atomic E-state index is 3.48. The van der Waals surface area contributed by atoms with Crippen LogP contribution in [0, 0.1) is 0 Å². The second kappa shape index (κ2) is 6.14. The molecule has 0 aromatic carbocycles. The molecule has 13 heavy (non-hydrogen) atoms. The molecule has 0 fully saturated rings. The van der Waals surface area contributed by atoms with Crippen molar-refractivity contribution in [3.8, 4) is 11.6 Å². The van der Waals surface area contributed by atoms with E-state index in [1.54, 1.807) is 0 Å². The molecule has 0 bridgehead atoms. The molecule has 2 aromatic heterocycles. The molecule has 10 nitrogen and oxygen atoms in total. The van der Waals surface area contributed by atoms with E-state index < -0.39 is 0 Å². The fourth-order valence-corrected chi connectivity index (χ4v) is 0.468. The van der Waals surface area contributed by atoms with Crippen molar-refractivity contribution in [1.82, 2.24) is 41.2 Å². The fourth-order valence-electron chi connectivity index (χ4n) is 0.468. The standard InChI is InChI=1S/C2N8.Cu.2H2N/c3-1(4-8-7-3)2-5-9-10-6-2;;;/h;;2*1H2/q-2;+2;2*-1. The van der Waals surface area contributed by atoms with Gasteiger partial charge in [0.1, 0.15) is 0 Å². The summed E-state index contributed by atoms with van der Waals surface area (Å²) in [6.45, 7) is 0. The summed E-state index contributed by atoms with van der Waals surface area (Å²) >= 11 is 0. The molecule has 1 radical (unpaired) electrons. The van der Waals surface area contributed by atoms with Gasteiger partial charge in [0.05, 0.1) is 0 Å². The maximum Gasteiger partial charge on any atom is 2.00 e. The molecule has 0 atom stereocenters. The Hall–Kier alpha value is -1.42. The second-order valence-corrected chi connectivity index (χ2v) is 1.40. The Bertz CT molecular complexity index is 252. The van der Waals surface area contributed by atoms with Gasteiger partial charge in [-0.3, -0.25) is 20.6 Å². The Morgan fingerprint density at radius 1 is 0.769 bits per heavy atom. The van der Waals surface area contributed by atoms with Gasteiger partial charge in [0, 0.05) is 11.6 Å². The third-order valence-corrected chi connectivity index (χ3v) is 0.838. The van der Waals surface area contributed by atoms with Crippen LogP contribution in [0.3, 0.4) is 0 Å². The van der Waals surface area contributed by atoms with Gasteiger partial charge in [-0.2, -0.15) is 10.4 Å². The number of hydrogen-bond acceptors (Lipinski definition) is 6. The minimum Gasteiger partial charge on any atom is -0.693 e. The Kier molecular flexibility index (Phi) is 6.67. The number of nitrogens with zero attached hydrogens (tertiary/aromatic N) is 8. The molecule has 2 rings (SSSR count). The van der Waals surface area contributed by atoms with Gasteiger partial charge in [-0.05, 0) is 0 Å². The Labute approximate surface area is 82.9 Å². The maximum atomic E-state index is 3.48. The topological polar surface area (TPSA) is 173 Å². The Morgan fingerprint density at radius 2 is 1.15 bits per heavy atom. The molecule has 2 heterocycles. The first-order chi connectivity index (χ1) is 4.97. The van der Waals surface area contributed by atoms with Crippen molar-refractivity contribution in [3.05, 3.63) is 12.3 Å². The van der Waals surface area contributed by atoms with Gasteiger partial charge < -0.3 is 22.5 Å². The van der Waals surface area contributed by atoms with Gasteiger partial charge >= 0.3 is 17.1 Å². The van der Waals surface area contributed by atoms with E-state index in [9.17, 15) is 0 Å². The van der Waals surface area contributed by atoms with E-state index in [2.05, 4.69) is 41.2 Å². The van der Waals surface area contributed by atoms with Crippen LogP contribution in [0.2, 0.25) is 0 Å². The predicted octanol–water partition coefficient (Wildman–Crippen LogP) is -0.930. The van der Waals surface area contributed by atoms with Crippen LogP contribution >= 0.6 is 0 Å². The Morgan fingerprint density at radius 3 is 1.38 bits per heavy atom. The van der Waals surface area contributed by atoms with Crippen LogP contribution in [0.5, 0.6) is 0 Å². The first-order valence-electron chi connectivity index (χ1n) is 2.34. The molecular formula is C2H4CuN10-2. The number of aromatic nitrogens is 8. The van der Waals surface area contributed by atoms with Gasteiger partial charge in [0.15, 0.2) is 0 Å². The van der Waals surface area contributed by atoms with Crippen molar-refractivity contribution in [3.63, 3.8) is 0 Å². The summed E-state index contributed by atoms with van der Waals surface area (Å²) < 4.78 is 0. The molecule has 2 aromatic rings. The number of rotatable bonds is 1. The zero-order valence-electron chi connectivity index (χ0n) is 6.03. The molecule has 0 amide bonds. The number of nitrogens with two attached hydrogens (primary N) is 2. The van der Waals surface area contributed by atoms with Crippen LogP contribution in [0.15, 0.2) is 0 Å². The van der Waals surface area contributed by atoms with Gasteiger partial charge in [-0.1, -0.05) is 0 Å². The quantitative estimate of drug-likeness (QED) is 0.566. The van der Waals surface area contributed by atoms with E-state index in [-0.39, 0.29) is 41.0 Å². The molecule has 0 aliphatic heterocycles. The fraction of sp³-hybridized carbons (Fsp3) is 0. The molecule has 0 spiro atoms. The average Bonchev–Trinajstić information content (AvgIpc) is 2.59. The molecule has 0 unspecified atom stereocenters. The summed E-state index contributed by atoms with van der Waals surface area (Å²) in [6, 6.07) is 0. The van der Waals surface area contributed by atoms with E-state index >= 15 is 0 Å². The molecule has 0 aliphatic rings. The van der Waals surface area contributed by atoms with Crippen LogP contribution in [-0.4, -0.2) is 31.1 Å². The van der Waals surface area contributed by atoms with Gasteiger partial charge in [-0.25, -0.2) is 0 Å². The van der Waals surface area contributed by atoms with Crippen molar-refractivity contribution < 1.29 is 17.1 Å². The summed E-state index contributed by atoms with van der Waals surface area (Å²) in [6.07, 6.45) is 0. The minimum atomic E-state index is 0. The average molecular weight is 232 g/mol. The zero-order chi connectivity index (χ0) is 6.81. The van der Waals surface area contributed by atoms with Crippen molar-refractivity contribution in [2.24, 2.45) is 0 Å². The van der Waals surface area contributed by atoms with Crippen molar-refractivity contribution in [1.29, 1.82) is 0 Å². The summed E-state index contributed by atoms with van der Waals surface area (Å²) in [5.41, 5.74) is 0. The van der Waals surface area contributed by atoms with Crippen LogP contribution in [-0.2, 0) is 17.1 Å². The number of hydrogen-bond donors (Lipinski definition) is 0. The van der Waals surface area contributed by atoms with E-state index in [1.807, 2.05) is 0 Å². The summed E-state index contributed by atoms with van der Waals surface area (Å²) in [4.78, 5) is 0. The normalized spacial score (nSPS) is 7.69. The molecule has 0 aliphatic carbocycles. The molecule has 0 saturated carbocycles. The third-order valence-electron chi connectivity index (χ3n) is 0.838. The van der Waals surface area contributed by atoms with Crippen LogP contribution in [0.1, 0.15) is 0 Å². The van der Waals surface area contributed by atoms with Crippen LogP contribution in [0.4, 0.5) is 0 Å². The minimum absolute atomic E-state index is 0. The van der Waals surface area contributed by atoms with Gasteiger partial charge in [0.2, 0.25) is 0 Å². The largest absolute Gasteiger partial charge is 2.00 e. The molecule has 75 valence electrons. The third kappa shape index (κ3) is 2.83. The first-order valence-corrected chi connectivity index (χ1v) is 2.34. The monoisotopic (exact) mass is 231 g/mol. The molecule has 0 saturated heterocycles. The van der Waals surface area contributed by atoms with E-state index in [0.29, 0.717) is 0 Å². The number of tetrazole rings is 2. The second-order valence-electron chi connectivity index (χ2n) is 1.40. The van der Waals surface area contributed by atoms with E-state index in [0.717, 1.165) is 0 Å². The van der Waals surface area contributed by atoms with Crippen molar-refractivity contribution >= 4 is 0 Å². The summed E-state index contributed by atoms with van der Waals surface area (Å²) in [5, 5.41) is 26.9. The van der Waals surface area contributed by atoms with E-state index in [1.165, 1.54) is 0 Å². The smallest absolute Gasteiger partial charge is 0.693 e. The zero-order valence-corrected chi connectivity index (χ0v) is 6.98. The molecule has 4 N–H and O–H groups in total. The van der Waals surface area contributed by atoms with Crippen molar-refractivity contribution in [2.75, 3.05) is 0 Å². The summed E-state index contributed by atoms with van der Waals surface area (Å²) in [7, 11) is 0. The SMILES string of the molecule is [Cu+2].[NH2-].[NH2-].n1n[n-]c(-c2nnn[n-]2)n1. The van der Waals surface area contributed by atoms with E-state index in [4.69, 9.17) is 0 Å². The van der Waals surface area contributed by atoms with Gasteiger partial charge in [0.25, 0.3) is 0 Å². The first kappa shape index (κ1) is 14.1. The van der Waals surface area contributed by atoms with Gasteiger partial charge in [-0.15, -0.1) is 0 Å². The summed E-state index contributed by atoms with van der Waals surface area (Å²) in [5.74, 6) is 0.481. The van der Waals surface area contributed by atoms with Crippen LogP contribution in [0.25, 0.3) is 23.9 Å². The molecule has 11 heteroatoms. The predicted molar refractivity (Wildman–Crippen MR) is 35.9 cm³/mol. The Balaban J connectivity index is 0. The van der Waals surface area contributed by atoms with Crippen molar-refractivity contribution in [2.45, 2.75) is 0 Å². The molecular weight excluding hydrogens is 228 g/mol.